The fourth-order valence-electron chi connectivity index (χ4n) is 1.10. The average Bonchev–Trinajstić information content (AvgIpc) is 2.50. The van der Waals surface area contributed by atoms with Crippen molar-refractivity contribution in [1.29, 1.82) is 5.39 Å². The first-order valence-corrected chi connectivity index (χ1v) is 3.32. The molecule has 0 radical (unpaired) electrons. The Hall–Kier alpha value is -1.82. The van der Waals surface area contributed by atoms with Crippen LogP contribution in [0.1, 0.15) is 0 Å². The lowest BCUT2D eigenvalue weighted by atomic mass is 10.2. The molecule has 0 amide bonds. The summed E-state index contributed by atoms with van der Waals surface area (Å²) in [6.07, 6.45) is 1.85. The van der Waals surface area contributed by atoms with Crippen molar-refractivity contribution in [2.75, 3.05) is 0 Å². The van der Waals surface area contributed by atoms with Crippen LogP contribution in [-0.4, -0.2) is 4.98 Å². The van der Waals surface area contributed by atoms with Gasteiger partial charge in [-0.25, -0.2) is 0 Å². The van der Waals surface area contributed by atoms with E-state index in [-0.39, 0.29) is 0 Å². The number of aromatic nitrogens is 1. The maximum Gasteiger partial charge on any atom is 0.387 e. The lowest BCUT2D eigenvalue weighted by Crippen LogP contribution is -1.64. The molecule has 1 heterocycles. The smallest absolute Gasteiger partial charge is 0.361 e. The van der Waals surface area contributed by atoms with Gasteiger partial charge in [-0.15, -0.1) is 0 Å². The molecule has 3 nitrogen and oxygen atoms in total. The molecule has 0 fully saturated rings. The Morgan fingerprint density at radius 2 is 2.18 bits per heavy atom. The summed E-state index contributed by atoms with van der Waals surface area (Å²) in [6, 6.07) is 7.42. The van der Waals surface area contributed by atoms with E-state index >= 15 is 0 Å². The third-order valence-electron chi connectivity index (χ3n) is 1.65. The zero-order valence-electron chi connectivity index (χ0n) is 5.78. The van der Waals surface area contributed by atoms with Gasteiger partial charge in [0.1, 0.15) is 0 Å². The fraction of sp³-hybridized carbons (Fsp3) is 0. The molecule has 0 spiro atoms. The van der Waals surface area contributed by atoms with Crippen molar-refractivity contribution in [3.8, 4) is 0 Å². The highest BCUT2D eigenvalue weighted by Crippen LogP contribution is 2.19. The van der Waals surface area contributed by atoms with Gasteiger partial charge in [0.05, 0.1) is 11.6 Å². The number of diazo groups is 1. The van der Waals surface area contributed by atoms with E-state index in [1.165, 1.54) is 0 Å². The fourth-order valence-corrected chi connectivity index (χ4v) is 1.10. The van der Waals surface area contributed by atoms with Gasteiger partial charge < -0.3 is 4.98 Å². The monoisotopic (exact) mass is 144 g/mol. The van der Waals surface area contributed by atoms with E-state index in [0.29, 0.717) is 5.69 Å². The third kappa shape index (κ3) is 0.849. The van der Waals surface area contributed by atoms with Gasteiger partial charge in [0.25, 0.3) is 0 Å². The summed E-state index contributed by atoms with van der Waals surface area (Å²) in [4.78, 5) is 6.10. The number of rotatable bonds is 0. The van der Waals surface area contributed by atoms with Gasteiger partial charge in [-0.2, -0.15) is 0 Å². The van der Waals surface area contributed by atoms with E-state index in [4.69, 9.17) is 5.39 Å². The van der Waals surface area contributed by atoms with Crippen LogP contribution in [0.25, 0.3) is 15.9 Å². The molecule has 0 unspecified atom stereocenters. The van der Waals surface area contributed by atoms with E-state index in [1.807, 2.05) is 18.3 Å². The highest BCUT2D eigenvalue weighted by molar-refractivity contribution is 5.82. The van der Waals surface area contributed by atoms with Crippen LogP contribution < -0.4 is 0 Å². The van der Waals surface area contributed by atoms with Gasteiger partial charge in [-0.1, -0.05) is 0 Å². The first-order valence-electron chi connectivity index (χ1n) is 3.32. The van der Waals surface area contributed by atoms with Crippen molar-refractivity contribution < 1.29 is 0 Å². The highest BCUT2D eigenvalue weighted by atomic mass is 14.8. The van der Waals surface area contributed by atoms with Crippen LogP contribution in [0.4, 0.5) is 5.69 Å². The second kappa shape index (κ2) is 2.10. The summed E-state index contributed by atoms with van der Waals surface area (Å²) in [7, 11) is 0. The second-order valence-corrected chi connectivity index (χ2v) is 2.35. The molecule has 0 aliphatic carbocycles. The Morgan fingerprint density at radius 3 is 3.00 bits per heavy atom. The molecule has 2 aromatic rings. The summed E-state index contributed by atoms with van der Waals surface area (Å²) >= 11 is 0. The molecule has 0 atom stereocenters. The first-order chi connectivity index (χ1) is 5.40. The number of benzene rings is 1. The number of fused-ring (bicyclic) bond motifs is 1. The van der Waals surface area contributed by atoms with E-state index in [9.17, 15) is 0 Å². The summed E-state index contributed by atoms with van der Waals surface area (Å²) in [6.45, 7) is 0. The van der Waals surface area contributed by atoms with E-state index in [1.54, 1.807) is 12.1 Å². The number of nitrogens with one attached hydrogen (secondary N) is 1. The maximum absolute atomic E-state index is 8.45. The Labute approximate surface area is 63.3 Å². The van der Waals surface area contributed by atoms with E-state index in [2.05, 4.69) is 9.96 Å². The zero-order chi connectivity index (χ0) is 7.68. The minimum absolute atomic E-state index is 0.569. The van der Waals surface area contributed by atoms with Crippen molar-refractivity contribution in [3.63, 3.8) is 0 Å². The SMILES string of the molecule is N#[N+]c1ccc2cc[nH]c2c1. The van der Waals surface area contributed by atoms with Crippen LogP contribution in [0.2, 0.25) is 0 Å². The van der Waals surface area contributed by atoms with Crippen molar-refractivity contribution in [1.82, 2.24) is 4.98 Å². The topological polar surface area (TPSA) is 43.9 Å². The minimum Gasteiger partial charge on any atom is -0.361 e. The van der Waals surface area contributed by atoms with Gasteiger partial charge in [-0.05, 0) is 17.5 Å². The Morgan fingerprint density at radius 1 is 1.27 bits per heavy atom. The van der Waals surface area contributed by atoms with Gasteiger partial charge in [0.2, 0.25) is 5.39 Å². The Bertz CT molecular complexity index is 422. The molecule has 1 aromatic carbocycles. The average molecular weight is 144 g/mol. The second-order valence-electron chi connectivity index (χ2n) is 2.35. The molecule has 1 N–H and O–H groups in total. The quantitative estimate of drug-likeness (QED) is 0.567. The van der Waals surface area contributed by atoms with Crippen LogP contribution in [0.3, 0.4) is 0 Å². The number of aromatic amines is 1. The third-order valence-corrected chi connectivity index (χ3v) is 1.65. The predicted octanol–water partition coefficient (Wildman–Crippen LogP) is 2.65. The number of H-pyrrole nitrogens is 1. The summed E-state index contributed by atoms with van der Waals surface area (Å²) in [5, 5.41) is 9.57. The largest absolute Gasteiger partial charge is 0.387 e. The molecule has 0 saturated heterocycles. The zero-order valence-corrected chi connectivity index (χ0v) is 5.78. The molecule has 11 heavy (non-hydrogen) atoms. The lowest BCUT2D eigenvalue weighted by molar-refractivity contribution is 1.45. The number of hydrogen-bond acceptors (Lipinski definition) is 1. The van der Waals surface area contributed by atoms with E-state index < -0.39 is 0 Å². The normalized spacial score (nSPS) is 9.73. The molecule has 0 bridgehead atoms. The molecular weight excluding hydrogens is 138 g/mol. The van der Waals surface area contributed by atoms with Crippen LogP contribution in [0.5, 0.6) is 0 Å². The summed E-state index contributed by atoms with van der Waals surface area (Å²) in [5.74, 6) is 0. The van der Waals surface area contributed by atoms with Crippen LogP contribution in [-0.2, 0) is 0 Å². The molecule has 0 aliphatic rings. The molecular formula is C8H6N3+. The predicted molar refractivity (Wildman–Crippen MR) is 43.0 cm³/mol. The van der Waals surface area contributed by atoms with Gasteiger partial charge in [-0.3, -0.25) is 0 Å². The van der Waals surface area contributed by atoms with Gasteiger partial charge in [0.15, 0.2) is 4.98 Å². The lowest BCUT2D eigenvalue weighted by Gasteiger charge is -1.81. The molecule has 3 heteroatoms. The van der Waals surface area contributed by atoms with Crippen molar-refractivity contribution in [2.24, 2.45) is 0 Å². The van der Waals surface area contributed by atoms with Crippen molar-refractivity contribution >= 4 is 16.6 Å². The first kappa shape index (κ1) is 5.93. The minimum atomic E-state index is 0.569. The molecule has 0 aliphatic heterocycles. The van der Waals surface area contributed by atoms with Crippen molar-refractivity contribution in [3.05, 3.63) is 35.4 Å². The molecule has 52 valence electrons. The Balaban J connectivity index is 2.79. The molecule has 2 rings (SSSR count). The highest BCUT2D eigenvalue weighted by Gasteiger charge is 2.04. The standard InChI is InChI=1S/C8H6N3/c9-11-7-2-1-6-3-4-10-8(6)5-7/h1-5,10H/q+1. The van der Waals surface area contributed by atoms with E-state index in [0.717, 1.165) is 10.9 Å². The van der Waals surface area contributed by atoms with Crippen LogP contribution in [0.15, 0.2) is 30.5 Å². The van der Waals surface area contributed by atoms with Crippen molar-refractivity contribution in [2.45, 2.75) is 0 Å². The maximum atomic E-state index is 8.45. The Kier molecular flexibility index (Phi) is 1.13. The molecule has 0 saturated carbocycles. The number of nitrogens with zero attached hydrogens (tertiary/aromatic N) is 2. The summed E-state index contributed by atoms with van der Waals surface area (Å²) < 4.78 is 0. The van der Waals surface area contributed by atoms with Crippen LogP contribution in [0, 0.1) is 5.39 Å². The van der Waals surface area contributed by atoms with Gasteiger partial charge in [0, 0.05) is 12.3 Å². The van der Waals surface area contributed by atoms with Crippen LogP contribution >= 0.6 is 0 Å². The number of hydrogen-bond donors (Lipinski definition) is 1. The van der Waals surface area contributed by atoms with Gasteiger partial charge >= 0.3 is 5.69 Å². The summed E-state index contributed by atoms with van der Waals surface area (Å²) in [5.41, 5.74) is 1.56. The molecule has 1 aromatic heterocycles.